The van der Waals surface area contributed by atoms with Crippen LogP contribution in [0.4, 0.5) is 5.69 Å². The minimum absolute atomic E-state index is 0.0841. The van der Waals surface area contributed by atoms with E-state index >= 15 is 0 Å². The molecule has 0 amide bonds. The van der Waals surface area contributed by atoms with Gasteiger partial charge < -0.3 is 21.5 Å². The molecule has 0 fully saturated rings. The predicted molar refractivity (Wildman–Crippen MR) is 73.0 cm³/mol. The Labute approximate surface area is 107 Å². The van der Waals surface area contributed by atoms with Gasteiger partial charge in [0.2, 0.25) is 0 Å². The van der Waals surface area contributed by atoms with Crippen molar-refractivity contribution < 1.29 is 4.74 Å². The Balaban J connectivity index is 3.00. The van der Waals surface area contributed by atoms with Gasteiger partial charge in [0.1, 0.15) is 5.75 Å². The Morgan fingerprint density at radius 2 is 2.12 bits per heavy atom. The lowest BCUT2D eigenvalue weighted by Gasteiger charge is -2.18. The van der Waals surface area contributed by atoms with E-state index in [4.69, 9.17) is 27.8 Å². The zero-order valence-electron chi connectivity index (χ0n) is 10.5. The van der Waals surface area contributed by atoms with Crippen molar-refractivity contribution in [3.8, 4) is 5.75 Å². The van der Waals surface area contributed by atoms with Gasteiger partial charge in [0, 0.05) is 24.2 Å². The van der Waals surface area contributed by atoms with Crippen LogP contribution in [0.2, 0.25) is 5.02 Å². The van der Waals surface area contributed by atoms with Crippen molar-refractivity contribution in [1.29, 1.82) is 0 Å². The van der Waals surface area contributed by atoms with E-state index in [0.717, 1.165) is 27.6 Å². The molecule has 1 aromatic rings. The number of rotatable bonds is 5. The first-order valence-electron chi connectivity index (χ1n) is 5.54. The van der Waals surface area contributed by atoms with Gasteiger partial charge in [-0.15, -0.1) is 0 Å². The van der Waals surface area contributed by atoms with Crippen LogP contribution in [0, 0.1) is 13.8 Å². The van der Waals surface area contributed by atoms with Crippen LogP contribution in [-0.2, 0) is 0 Å². The van der Waals surface area contributed by atoms with Crippen LogP contribution in [0.1, 0.15) is 11.1 Å². The maximum atomic E-state index is 6.21. The number of halogens is 1. The molecular weight excluding hydrogens is 238 g/mol. The van der Waals surface area contributed by atoms with Gasteiger partial charge in [-0.1, -0.05) is 11.6 Å². The Hall–Kier alpha value is -0.970. The summed E-state index contributed by atoms with van der Waals surface area (Å²) in [5, 5.41) is 3.98. The van der Waals surface area contributed by atoms with Crippen LogP contribution >= 0.6 is 11.6 Å². The van der Waals surface area contributed by atoms with Crippen molar-refractivity contribution in [1.82, 2.24) is 0 Å². The molecule has 5 heteroatoms. The fourth-order valence-electron chi connectivity index (χ4n) is 1.62. The van der Waals surface area contributed by atoms with Crippen molar-refractivity contribution >= 4 is 17.3 Å². The van der Waals surface area contributed by atoms with E-state index in [9.17, 15) is 0 Å². The maximum absolute atomic E-state index is 6.21. The Morgan fingerprint density at radius 3 is 2.65 bits per heavy atom. The molecule has 1 unspecified atom stereocenters. The monoisotopic (exact) mass is 257 g/mol. The Kier molecular flexibility index (Phi) is 5.05. The number of nitrogens with two attached hydrogens (primary N) is 2. The number of hydrogen-bond donors (Lipinski definition) is 3. The summed E-state index contributed by atoms with van der Waals surface area (Å²) in [6.45, 7) is 4.93. The molecule has 0 aliphatic rings. The SMILES string of the molecule is COc1cc(C)c(Cl)c(C)c1NCC(N)CN. The number of aryl methyl sites for hydroxylation is 1. The van der Waals surface area contributed by atoms with Gasteiger partial charge in [-0.05, 0) is 31.0 Å². The second kappa shape index (κ2) is 6.10. The third kappa shape index (κ3) is 3.25. The highest BCUT2D eigenvalue weighted by Gasteiger charge is 2.13. The Bertz CT molecular complexity index is 396. The van der Waals surface area contributed by atoms with Gasteiger partial charge in [-0.25, -0.2) is 0 Å². The van der Waals surface area contributed by atoms with Gasteiger partial charge >= 0.3 is 0 Å². The normalized spacial score (nSPS) is 12.4. The lowest BCUT2D eigenvalue weighted by atomic mass is 10.1. The second-order valence-electron chi connectivity index (χ2n) is 4.09. The molecule has 1 rings (SSSR count). The fraction of sp³-hybridized carbons (Fsp3) is 0.500. The summed E-state index contributed by atoms with van der Waals surface area (Å²) in [5.74, 6) is 0.772. The van der Waals surface area contributed by atoms with Crippen molar-refractivity contribution in [2.24, 2.45) is 11.5 Å². The highest BCUT2D eigenvalue weighted by molar-refractivity contribution is 6.32. The van der Waals surface area contributed by atoms with E-state index in [2.05, 4.69) is 5.32 Å². The molecule has 1 atom stereocenters. The minimum Gasteiger partial charge on any atom is -0.495 e. The summed E-state index contributed by atoms with van der Waals surface area (Å²) in [6, 6.07) is 1.82. The molecule has 0 aliphatic heterocycles. The highest BCUT2D eigenvalue weighted by atomic mass is 35.5. The molecule has 96 valence electrons. The molecule has 0 bridgehead atoms. The summed E-state index contributed by atoms with van der Waals surface area (Å²) in [7, 11) is 1.64. The second-order valence-corrected chi connectivity index (χ2v) is 4.46. The van der Waals surface area contributed by atoms with Gasteiger partial charge in [-0.3, -0.25) is 0 Å². The van der Waals surface area contributed by atoms with Gasteiger partial charge in [0.05, 0.1) is 12.8 Å². The molecular formula is C12H20ClN3O. The van der Waals surface area contributed by atoms with Gasteiger partial charge in [-0.2, -0.15) is 0 Å². The molecule has 5 N–H and O–H groups in total. The predicted octanol–water partition coefficient (Wildman–Crippen LogP) is 1.66. The van der Waals surface area contributed by atoms with Crippen LogP contribution in [0.25, 0.3) is 0 Å². The number of ether oxygens (including phenoxy) is 1. The molecule has 0 saturated carbocycles. The molecule has 0 saturated heterocycles. The first-order chi connectivity index (χ1) is 8.01. The Morgan fingerprint density at radius 1 is 1.47 bits per heavy atom. The van der Waals surface area contributed by atoms with E-state index in [1.54, 1.807) is 7.11 Å². The van der Waals surface area contributed by atoms with Crippen molar-refractivity contribution in [3.05, 3.63) is 22.2 Å². The third-order valence-electron chi connectivity index (χ3n) is 2.71. The van der Waals surface area contributed by atoms with E-state index in [1.165, 1.54) is 0 Å². The standard InChI is InChI=1S/C12H20ClN3O/c1-7-4-10(17-3)12(8(2)11(7)13)16-6-9(15)5-14/h4,9,16H,5-6,14-15H2,1-3H3. The van der Waals surface area contributed by atoms with Crippen LogP contribution < -0.4 is 21.5 Å². The van der Waals surface area contributed by atoms with Crippen LogP contribution in [0.5, 0.6) is 5.75 Å². The summed E-state index contributed by atoms with van der Waals surface area (Å²) < 4.78 is 5.33. The lowest BCUT2D eigenvalue weighted by Crippen LogP contribution is -2.36. The fourth-order valence-corrected chi connectivity index (χ4v) is 1.77. The quantitative estimate of drug-likeness (QED) is 0.750. The van der Waals surface area contributed by atoms with E-state index in [-0.39, 0.29) is 6.04 Å². The van der Waals surface area contributed by atoms with Crippen molar-refractivity contribution in [3.63, 3.8) is 0 Å². The summed E-state index contributed by atoms with van der Waals surface area (Å²) in [6.07, 6.45) is 0. The van der Waals surface area contributed by atoms with E-state index in [1.807, 2.05) is 19.9 Å². The largest absolute Gasteiger partial charge is 0.495 e. The number of nitrogens with one attached hydrogen (secondary N) is 1. The zero-order valence-corrected chi connectivity index (χ0v) is 11.3. The average molecular weight is 258 g/mol. The molecule has 0 spiro atoms. The smallest absolute Gasteiger partial charge is 0.142 e. The minimum atomic E-state index is -0.0841. The highest BCUT2D eigenvalue weighted by Crippen LogP contribution is 2.35. The zero-order chi connectivity index (χ0) is 13.0. The molecule has 0 radical (unpaired) electrons. The molecule has 17 heavy (non-hydrogen) atoms. The topological polar surface area (TPSA) is 73.3 Å². The van der Waals surface area contributed by atoms with Crippen LogP contribution in [-0.4, -0.2) is 26.2 Å². The third-order valence-corrected chi connectivity index (χ3v) is 3.29. The number of hydrogen-bond acceptors (Lipinski definition) is 4. The first kappa shape index (κ1) is 14.1. The first-order valence-corrected chi connectivity index (χ1v) is 5.92. The maximum Gasteiger partial charge on any atom is 0.142 e. The summed E-state index contributed by atoms with van der Waals surface area (Å²) in [4.78, 5) is 0. The number of methoxy groups -OCH3 is 1. The average Bonchev–Trinajstić information content (AvgIpc) is 2.33. The molecule has 0 heterocycles. The van der Waals surface area contributed by atoms with Crippen LogP contribution in [0.3, 0.4) is 0 Å². The van der Waals surface area contributed by atoms with E-state index in [0.29, 0.717) is 13.1 Å². The van der Waals surface area contributed by atoms with Crippen molar-refractivity contribution in [2.45, 2.75) is 19.9 Å². The van der Waals surface area contributed by atoms with Gasteiger partial charge in [0.15, 0.2) is 0 Å². The lowest BCUT2D eigenvalue weighted by molar-refractivity contribution is 0.415. The molecule has 4 nitrogen and oxygen atoms in total. The molecule has 0 aliphatic carbocycles. The van der Waals surface area contributed by atoms with E-state index < -0.39 is 0 Å². The van der Waals surface area contributed by atoms with Crippen molar-refractivity contribution in [2.75, 3.05) is 25.5 Å². The molecule has 1 aromatic carbocycles. The molecule has 0 aromatic heterocycles. The number of benzene rings is 1. The summed E-state index contributed by atoms with van der Waals surface area (Å²) >= 11 is 6.21. The van der Waals surface area contributed by atoms with Crippen LogP contribution in [0.15, 0.2) is 6.07 Å². The summed E-state index contributed by atoms with van der Waals surface area (Å²) in [5.41, 5.74) is 14.1. The van der Waals surface area contributed by atoms with Gasteiger partial charge in [0.25, 0.3) is 0 Å². The number of anilines is 1.